The Balaban J connectivity index is 1.38. The lowest BCUT2D eigenvalue weighted by Gasteiger charge is -2.35. The molecule has 1 aliphatic heterocycles. The molecule has 5 rings (SSSR count). The van der Waals surface area contributed by atoms with E-state index in [-0.39, 0.29) is 17.8 Å². The molecule has 0 N–H and O–H groups in total. The van der Waals surface area contributed by atoms with Crippen molar-refractivity contribution in [2.24, 2.45) is 0 Å². The number of benzene rings is 2. The molecule has 8 heteroatoms. The van der Waals surface area contributed by atoms with Crippen LogP contribution in [0, 0.1) is 5.82 Å². The summed E-state index contributed by atoms with van der Waals surface area (Å²) in [6.07, 6.45) is 1.82. The maximum absolute atomic E-state index is 13.5. The van der Waals surface area contributed by atoms with Crippen LogP contribution in [0.2, 0.25) is 0 Å². The van der Waals surface area contributed by atoms with E-state index in [0.29, 0.717) is 23.3 Å². The van der Waals surface area contributed by atoms with E-state index < -0.39 is 0 Å². The first kappa shape index (κ1) is 22.8. The molecule has 0 fully saturated rings. The highest BCUT2D eigenvalue weighted by Gasteiger charge is 2.30. The van der Waals surface area contributed by atoms with E-state index in [0.717, 1.165) is 30.5 Å². The van der Waals surface area contributed by atoms with Crippen LogP contribution in [-0.4, -0.2) is 37.9 Å². The van der Waals surface area contributed by atoms with Gasteiger partial charge in [-0.3, -0.25) is 9.36 Å². The number of hydrogen-bond acceptors (Lipinski definition) is 5. The zero-order valence-corrected chi connectivity index (χ0v) is 20.5. The monoisotopic (exact) mass is 492 g/mol. The summed E-state index contributed by atoms with van der Waals surface area (Å²) < 4.78 is 15.5. The number of carbonyl (C=O) groups excluding carboxylic acids is 1. The van der Waals surface area contributed by atoms with Gasteiger partial charge in [-0.2, -0.15) is 0 Å². The summed E-state index contributed by atoms with van der Waals surface area (Å²) in [7, 11) is 0. The summed E-state index contributed by atoms with van der Waals surface area (Å²) in [5.74, 6) is 0.781. The lowest BCUT2D eigenvalue weighted by molar-refractivity contribution is -0.131. The lowest BCUT2D eigenvalue weighted by Crippen LogP contribution is -2.40. The molecular weight excluding hydrogens is 467 g/mol. The smallest absolute Gasteiger partial charge is 0.233 e. The molecule has 4 aromatic rings. The Hall–Kier alpha value is -2.97. The number of amides is 1. The third kappa shape index (κ3) is 4.65. The van der Waals surface area contributed by atoms with E-state index >= 15 is 0 Å². The summed E-state index contributed by atoms with van der Waals surface area (Å²) in [6.45, 7) is 3.45. The van der Waals surface area contributed by atoms with E-state index in [1.54, 1.807) is 23.5 Å². The summed E-state index contributed by atoms with van der Waals surface area (Å²) in [6, 6.07) is 18.6. The Kier molecular flexibility index (Phi) is 6.78. The van der Waals surface area contributed by atoms with Gasteiger partial charge in [-0.05, 0) is 59.7 Å². The normalized spacial score (nSPS) is 15.4. The first-order valence-corrected chi connectivity index (χ1v) is 13.2. The Bertz CT molecular complexity index is 1270. The van der Waals surface area contributed by atoms with Crippen molar-refractivity contribution in [3.63, 3.8) is 0 Å². The molecule has 1 amide bonds. The molecule has 1 atom stereocenters. The van der Waals surface area contributed by atoms with Gasteiger partial charge >= 0.3 is 0 Å². The molecule has 5 nitrogen and oxygen atoms in total. The highest BCUT2D eigenvalue weighted by atomic mass is 32.2. The van der Waals surface area contributed by atoms with Crippen LogP contribution in [0.3, 0.4) is 0 Å². The van der Waals surface area contributed by atoms with E-state index in [1.807, 2.05) is 39.8 Å². The summed E-state index contributed by atoms with van der Waals surface area (Å²) >= 11 is 3.19. The topological polar surface area (TPSA) is 51.0 Å². The van der Waals surface area contributed by atoms with Crippen molar-refractivity contribution in [2.45, 2.75) is 37.5 Å². The van der Waals surface area contributed by atoms with Gasteiger partial charge in [0.25, 0.3) is 0 Å². The van der Waals surface area contributed by atoms with Crippen LogP contribution in [0.15, 0.2) is 71.2 Å². The minimum Gasteiger partial charge on any atom is -0.335 e. The Morgan fingerprint density at radius 1 is 1.12 bits per heavy atom. The average molecular weight is 493 g/mol. The van der Waals surface area contributed by atoms with Crippen LogP contribution in [0.1, 0.15) is 35.4 Å². The highest BCUT2D eigenvalue weighted by Crippen LogP contribution is 2.36. The number of halogens is 1. The fourth-order valence-corrected chi connectivity index (χ4v) is 6.21. The van der Waals surface area contributed by atoms with Gasteiger partial charge < -0.3 is 4.90 Å². The number of rotatable bonds is 7. The second kappa shape index (κ2) is 10.1. The molecule has 174 valence electrons. The fourth-order valence-electron chi connectivity index (χ4n) is 4.46. The number of thioether (sulfide) groups is 1. The molecule has 1 unspecified atom stereocenters. The first-order valence-electron chi connectivity index (χ1n) is 11.4. The van der Waals surface area contributed by atoms with Crippen LogP contribution < -0.4 is 0 Å². The third-order valence-electron chi connectivity index (χ3n) is 6.13. The van der Waals surface area contributed by atoms with Gasteiger partial charge in [0.05, 0.1) is 18.3 Å². The molecule has 2 aromatic heterocycles. The molecule has 0 radical (unpaired) electrons. The number of hydrogen-bond donors (Lipinski definition) is 0. The van der Waals surface area contributed by atoms with Crippen LogP contribution in [0.5, 0.6) is 0 Å². The van der Waals surface area contributed by atoms with Gasteiger partial charge in [-0.15, -0.1) is 21.5 Å². The van der Waals surface area contributed by atoms with E-state index in [4.69, 9.17) is 0 Å². The SMILES string of the molecule is CCC1c2ccsc2CCN1C(=O)CSc1nnc(-c2ccc(F)cc2)n1Cc1ccccc1. The van der Waals surface area contributed by atoms with Gasteiger partial charge in [0.2, 0.25) is 5.91 Å². The van der Waals surface area contributed by atoms with Gasteiger partial charge in [-0.25, -0.2) is 4.39 Å². The second-order valence-electron chi connectivity index (χ2n) is 8.23. The molecule has 3 heterocycles. The summed E-state index contributed by atoms with van der Waals surface area (Å²) in [5, 5.41) is 11.6. The van der Waals surface area contributed by atoms with Gasteiger partial charge in [0.1, 0.15) is 5.82 Å². The van der Waals surface area contributed by atoms with E-state index in [1.165, 1.54) is 34.3 Å². The Morgan fingerprint density at radius 3 is 2.68 bits per heavy atom. The second-order valence-corrected chi connectivity index (χ2v) is 10.2. The molecule has 1 aliphatic rings. The van der Waals surface area contributed by atoms with Crippen molar-refractivity contribution in [1.29, 1.82) is 0 Å². The summed E-state index contributed by atoms with van der Waals surface area (Å²) in [5.41, 5.74) is 3.18. The standard InChI is InChI=1S/C26H25FN4OS2/c1-2-22-21-13-15-33-23(21)12-14-30(22)24(32)17-34-26-29-28-25(19-8-10-20(27)11-9-19)31(26)16-18-6-4-3-5-7-18/h3-11,13,15,22H,2,12,14,16-17H2,1H3. The number of nitrogens with zero attached hydrogens (tertiary/aromatic N) is 4. The van der Waals surface area contributed by atoms with Crippen molar-refractivity contribution < 1.29 is 9.18 Å². The Labute approximate surface area is 206 Å². The molecule has 34 heavy (non-hydrogen) atoms. The van der Waals surface area contributed by atoms with Crippen molar-refractivity contribution in [3.05, 3.63) is 87.9 Å². The average Bonchev–Trinajstić information content (AvgIpc) is 3.50. The van der Waals surface area contributed by atoms with Crippen LogP contribution >= 0.6 is 23.1 Å². The van der Waals surface area contributed by atoms with Crippen molar-refractivity contribution in [2.75, 3.05) is 12.3 Å². The predicted molar refractivity (Wildman–Crippen MR) is 134 cm³/mol. The van der Waals surface area contributed by atoms with Gasteiger partial charge in [-0.1, -0.05) is 49.0 Å². The molecule has 2 aromatic carbocycles. The third-order valence-corrected chi connectivity index (χ3v) is 8.08. The molecule has 0 aliphatic carbocycles. The van der Waals surface area contributed by atoms with Crippen LogP contribution in [-0.2, 0) is 17.8 Å². The van der Waals surface area contributed by atoms with E-state index in [9.17, 15) is 9.18 Å². The zero-order valence-electron chi connectivity index (χ0n) is 18.9. The minimum absolute atomic E-state index is 0.117. The maximum atomic E-state index is 13.5. The van der Waals surface area contributed by atoms with Gasteiger partial charge in [0, 0.05) is 17.0 Å². The van der Waals surface area contributed by atoms with Crippen LogP contribution in [0.25, 0.3) is 11.4 Å². The Morgan fingerprint density at radius 2 is 1.91 bits per heavy atom. The van der Waals surface area contributed by atoms with Crippen molar-refractivity contribution in [3.8, 4) is 11.4 Å². The molecule has 0 saturated carbocycles. The number of fused-ring (bicyclic) bond motifs is 1. The molecule has 0 spiro atoms. The zero-order chi connectivity index (χ0) is 23.5. The number of carbonyl (C=O) groups is 1. The highest BCUT2D eigenvalue weighted by molar-refractivity contribution is 7.99. The number of thiophene rings is 1. The lowest BCUT2D eigenvalue weighted by atomic mass is 9.98. The minimum atomic E-state index is -0.293. The molecule has 0 bridgehead atoms. The first-order chi connectivity index (χ1) is 16.6. The maximum Gasteiger partial charge on any atom is 0.233 e. The largest absolute Gasteiger partial charge is 0.335 e. The van der Waals surface area contributed by atoms with Crippen molar-refractivity contribution >= 4 is 29.0 Å². The van der Waals surface area contributed by atoms with E-state index in [2.05, 4.69) is 28.6 Å². The van der Waals surface area contributed by atoms with Gasteiger partial charge in [0.15, 0.2) is 11.0 Å². The number of aromatic nitrogens is 3. The molecular formula is C26H25FN4OS2. The fraction of sp³-hybridized carbons (Fsp3) is 0.269. The van der Waals surface area contributed by atoms with Crippen molar-refractivity contribution in [1.82, 2.24) is 19.7 Å². The summed E-state index contributed by atoms with van der Waals surface area (Å²) in [4.78, 5) is 16.7. The quantitative estimate of drug-likeness (QED) is 0.305. The predicted octanol–water partition coefficient (Wildman–Crippen LogP) is 5.82. The van der Waals surface area contributed by atoms with Crippen LogP contribution in [0.4, 0.5) is 4.39 Å². The molecule has 0 saturated heterocycles.